The van der Waals surface area contributed by atoms with Crippen molar-refractivity contribution in [1.82, 2.24) is 10.3 Å². The number of carbonyl (C=O) groups excluding carboxylic acids is 1. The van der Waals surface area contributed by atoms with Crippen LogP contribution in [0.5, 0.6) is 0 Å². The van der Waals surface area contributed by atoms with Crippen LogP contribution in [0, 0.1) is 0 Å². The standard InChI is InChI=1S/C8H10ClN3O/c1-10-8(13)5-12-7-2-3-11-4-6(7)9/h2-4H,5H2,1H3,(H,10,13)(H,11,12). The molecule has 13 heavy (non-hydrogen) atoms. The fraction of sp³-hybridized carbons (Fsp3) is 0.250. The number of pyridine rings is 1. The SMILES string of the molecule is CNC(=O)CNc1ccncc1Cl. The molecule has 0 radical (unpaired) electrons. The van der Waals surface area contributed by atoms with Crippen molar-refractivity contribution in [2.24, 2.45) is 0 Å². The highest BCUT2D eigenvalue weighted by Crippen LogP contribution is 2.18. The van der Waals surface area contributed by atoms with E-state index in [0.717, 1.165) is 0 Å². The molecule has 5 heteroatoms. The number of hydrogen-bond acceptors (Lipinski definition) is 3. The Morgan fingerprint density at radius 2 is 2.46 bits per heavy atom. The van der Waals surface area contributed by atoms with Crippen LogP contribution in [0.2, 0.25) is 5.02 Å². The lowest BCUT2D eigenvalue weighted by atomic mass is 10.4. The van der Waals surface area contributed by atoms with Crippen molar-refractivity contribution < 1.29 is 4.79 Å². The number of anilines is 1. The summed E-state index contributed by atoms with van der Waals surface area (Å²) in [5.74, 6) is -0.0899. The first-order valence-electron chi connectivity index (χ1n) is 3.78. The quantitative estimate of drug-likeness (QED) is 0.761. The highest BCUT2D eigenvalue weighted by molar-refractivity contribution is 6.33. The molecule has 1 aromatic heterocycles. The first-order chi connectivity index (χ1) is 6.24. The van der Waals surface area contributed by atoms with Gasteiger partial charge in [-0.15, -0.1) is 0 Å². The highest BCUT2D eigenvalue weighted by Gasteiger charge is 2.00. The molecule has 1 aromatic rings. The molecule has 0 unspecified atom stereocenters. The second kappa shape index (κ2) is 4.67. The number of amides is 1. The van der Waals surface area contributed by atoms with Crippen molar-refractivity contribution in [1.29, 1.82) is 0 Å². The number of hydrogen-bond donors (Lipinski definition) is 2. The summed E-state index contributed by atoms with van der Waals surface area (Å²) in [7, 11) is 1.58. The zero-order valence-corrected chi connectivity index (χ0v) is 7.93. The molecule has 0 spiro atoms. The molecule has 1 rings (SSSR count). The molecule has 70 valence electrons. The molecule has 0 saturated heterocycles. The Morgan fingerprint density at radius 1 is 1.69 bits per heavy atom. The molecule has 0 saturated carbocycles. The topological polar surface area (TPSA) is 54.0 Å². The molecule has 0 aromatic carbocycles. The Morgan fingerprint density at radius 3 is 3.08 bits per heavy atom. The maximum Gasteiger partial charge on any atom is 0.239 e. The van der Waals surface area contributed by atoms with Crippen LogP contribution < -0.4 is 10.6 Å². The van der Waals surface area contributed by atoms with E-state index >= 15 is 0 Å². The molecule has 0 atom stereocenters. The number of aromatic nitrogens is 1. The van der Waals surface area contributed by atoms with Crippen LogP contribution in [0.4, 0.5) is 5.69 Å². The smallest absolute Gasteiger partial charge is 0.239 e. The van der Waals surface area contributed by atoms with Crippen LogP contribution in [0.1, 0.15) is 0 Å². The van der Waals surface area contributed by atoms with Crippen LogP contribution in [0.15, 0.2) is 18.5 Å². The number of likely N-dealkylation sites (N-methyl/N-ethyl adjacent to an activating group) is 1. The van der Waals surface area contributed by atoms with E-state index < -0.39 is 0 Å². The second-order valence-electron chi connectivity index (χ2n) is 2.38. The number of nitrogens with zero attached hydrogens (tertiary/aromatic N) is 1. The molecule has 0 aliphatic carbocycles. The molecule has 1 heterocycles. The van der Waals surface area contributed by atoms with Gasteiger partial charge in [-0.3, -0.25) is 9.78 Å². The number of carbonyl (C=O) groups is 1. The lowest BCUT2D eigenvalue weighted by Gasteiger charge is -2.05. The summed E-state index contributed by atoms with van der Waals surface area (Å²) in [6, 6.07) is 1.71. The predicted molar refractivity (Wildman–Crippen MR) is 51.8 cm³/mol. The van der Waals surface area contributed by atoms with Crippen molar-refractivity contribution in [2.75, 3.05) is 18.9 Å². The maximum atomic E-state index is 10.9. The van der Waals surface area contributed by atoms with E-state index in [1.807, 2.05) is 0 Å². The first kappa shape index (κ1) is 9.80. The summed E-state index contributed by atoms with van der Waals surface area (Å²) < 4.78 is 0. The van der Waals surface area contributed by atoms with Gasteiger partial charge in [-0.05, 0) is 6.07 Å². The summed E-state index contributed by atoms with van der Waals surface area (Å²) in [5, 5.41) is 5.88. The van der Waals surface area contributed by atoms with Crippen molar-refractivity contribution in [3.05, 3.63) is 23.5 Å². The van der Waals surface area contributed by atoms with E-state index in [1.165, 1.54) is 6.20 Å². The summed E-state index contributed by atoms with van der Waals surface area (Å²) in [6.45, 7) is 0.209. The monoisotopic (exact) mass is 199 g/mol. The van der Waals surface area contributed by atoms with Gasteiger partial charge in [0.15, 0.2) is 0 Å². The van der Waals surface area contributed by atoms with E-state index in [9.17, 15) is 4.79 Å². The third kappa shape index (κ3) is 2.91. The van der Waals surface area contributed by atoms with Gasteiger partial charge in [0.25, 0.3) is 0 Å². The summed E-state index contributed by atoms with van der Waals surface area (Å²) in [4.78, 5) is 14.7. The average Bonchev–Trinajstić information content (AvgIpc) is 2.16. The fourth-order valence-electron chi connectivity index (χ4n) is 0.782. The van der Waals surface area contributed by atoms with Gasteiger partial charge >= 0.3 is 0 Å². The van der Waals surface area contributed by atoms with E-state index in [2.05, 4.69) is 15.6 Å². The van der Waals surface area contributed by atoms with Gasteiger partial charge in [0, 0.05) is 19.4 Å². The van der Waals surface area contributed by atoms with E-state index in [0.29, 0.717) is 10.7 Å². The van der Waals surface area contributed by atoms with Crippen molar-refractivity contribution >= 4 is 23.2 Å². The fourth-order valence-corrected chi connectivity index (χ4v) is 0.969. The van der Waals surface area contributed by atoms with E-state index in [1.54, 1.807) is 19.3 Å². The molecular weight excluding hydrogens is 190 g/mol. The van der Waals surface area contributed by atoms with Gasteiger partial charge in [-0.1, -0.05) is 11.6 Å². The van der Waals surface area contributed by atoms with Gasteiger partial charge < -0.3 is 10.6 Å². The van der Waals surface area contributed by atoms with Crippen LogP contribution in [-0.4, -0.2) is 24.5 Å². The first-order valence-corrected chi connectivity index (χ1v) is 4.16. The molecule has 0 aliphatic rings. The number of nitrogens with one attached hydrogen (secondary N) is 2. The Labute approximate surface area is 81.3 Å². The Hall–Kier alpha value is -1.29. The summed E-state index contributed by atoms with van der Waals surface area (Å²) in [6.07, 6.45) is 3.13. The Balaban J connectivity index is 2.54. The zero-order valence-electron chi connectivity index (χ0n) is 7.17. The Bertz CT molecular complexity index is 303. The largest absolute Gasteiger partial charge is 0.375 e. The van der Waals surface area contributed by atoms with Gasteiger partial charge in [0.1, 0.15) is 0 Å². The number of halogens is 1. The maximum absolute atomic E-state index is 10.9. The third-order valence-electron chi connectivity index (χ3n) is 1.49. The van der Waals surface area contributed by atoms with Gasteiger partial charge in [-0.2, -0.15) is 0 Å². The van der Waals surface area contributed by atoms with Crippen molar-refractivity contribution in [3.63, 3.8) is 0 Å². The van der Waals surface area contributed by atoms with Crippen LogP contribution in [0.3, 0.4) is 0 Å². The van der Waals surface area contributed by atoms with Crippen molar-refractivity contribution in [2.45, 2.75) is 0 Å². The van der Waals surface area contributed by atoms with E-state index in [-0.39, 0.29) is 12.5 Å². The van der Waals surface area contributed by atoms with Crippen LogP contribution in [0.25, 0.3) is 0 Å². The van der Waals surface area contributed by atoms with Gasteiger partial charge in [0.2, 0.25) is 5.91 Å². The molecule has 0 fully saturated rings. The summed E-state index contributed by atoms with van der Waals surface area (Å²) >= 11 is 5.79. The molecular formula is C8H10ClN3O. The molecule has 0 bridgehead atoms. The minimum atomic E-state index is -0.0899. The van der Waals surface area contributed by atoms with Crippen LogP contribution in [-0.2, 0) is 4.79 Å². The molecule has 2 N–H and O–H groups in total. The minimum Gasteiger partial charge on any atom is -0.375 e. The second-order valence-corrected chi connectivity index (χ2v) is 2.79. The highest BCUT2D eigenvalue weighted by atomic mass is 35.5. The third-order valence-corrected chi connectivity index (χ3v) is 1.79. The molecule has 1 amide bonds. The molecule has 0 aliphatic heterocycles. The minimum absolute atomic E-state index is 0.0899. The van der Waals surface area contributed by atoms with Gasteiger partial charge in [-0.25, -0.2) is 0 Å². The Kier molecular flexibility index (Phi) is 3.52. The van der Waals surface area contributed by atoms with Gasteiger partial charge in [0.05, 0.1) is 17.3 Å². The predicted octanol–water partition coefficient (Wildman–Crippen LogP) is 0.893. The summed E-state index contributed by atoms with van der Waals surface area (Å²) in [5.41, 5.74) is 0.709. The number of rotatable bonds is 3. The average molecular weight is 200 g/mol. The zero-order chi connectivity index (χ0) is 9.68. The molecule has 4 nitrogen and oxygen atoms in total. The lowest BCUT2D eigenvalue weighted by molar-refractivity contribution is -0.118. The van der Waals surface area contributed by atoms with Crippen molar-refractivity contribution in [3.8, 4) is 0 Å². The van der Waals surface area contributed by atoms with E-state index in [4.69, 9.17) is 11.6 Å². The van der Waals surface area contributed by atoms with Crippen LogP contribution >= 0.6 is 11.6 Å². The lowest BCUT2D eigenvalue weighted by Crippen LogP contribution is -2.26. The normalized spacial score (nSPS) is 9.38.